The second-order valence-corrected chi connectivity index (χ2v) is 9.66. The van der Waals surface area contributed by atoms with Crippen molar-refractivity contribution in [2.24, 2.45) is 0 Å². The fourth-order valence-electron chi connectivity index (χ4n) is 3.46. The van der Waals surface area contributed by atoms with Gasteiger partial charge in [0.1, 0.15) is 5.58 Å². The molecule has 0 radical (unpaired) electrons. The molecule has 4 rings (SSSR count). The Morgan fingerprint density at radius 3 is 2.58 bits per heavy atom. The molecular formula is C22H22N4O4S. The van der Waals surface area contributed by atoms with Crippen LogP contribution in [0.15, 0.2) is 53.1 Å². The van der Waals surface area contributed by atoms with Crippen LogP contribution in [0.4, 0.5) is 0 Å². The molecule has 3 aromatic heterocycles. The smallest absolute Gasteiger partial charge is 0.287 e. The molecule has 0 fully saturated rings. The Morgan fingerprint density at radius 2 is 1.94 bits per heavy atom. The summed E-state index contributed by atoms with van der Waals surface area (Å²) in [5, 5.41) is 7.81. The van der Waals surface area contributed by atoms with Crippen molar-refractivity contribution in [2.75, 3.05) is 6.26 Å². The topological polar surface area (TPSA) is 107 Å². The van der Waals surface area contributed by atoms with Crippen molar-refractivity contribution in [3.05, 3.63) is 76.9 Å². The van der Waals surface area contributed by atoms with Crippen molar-refractivity contribution >= 4 is 26.7 Å². The Morgan fingerprint density at radius 1 is 1.16 bits per heavy atom. The van der Waals surface area contributed by atoms with E-state index in [2.05, 4.69) is 15.4 Å². The minimum atomic E-state index is -3.35. The lowest BCUT2D eigenvalue weighted by Crippen LogP contribution is -2.24. The highest BCUT2D eigenvalue weighted by atomic mass is 32.2. The highest BCUT2D eigenvalue weighted by molar-refractivity contribution is 7.89. The summed E-state index contributed by atoms with van der Waals surface area (Å²) in [6.45, 7) is 4.10. The molecule has 9 heteroatoms. The predicted molar refractivity (Wildman–Crippen MR) is 117 cm³/mol. The van der Waals surface area contributed by atoms with Gasteiger partial charge < -0.3 is 9.73 Å². The number of carbonyl (C=O) groups is 1. The van der Waals surface area contributed by atoms with Gasteiger partial charge in [-0.3, -0.25) is 4.79 Å². The molecule has 1 aromatic carbocycles. The summed E-state index contributed by atoms with van der Waals surface area (Å²) in [6, 6.07) is 12.7. The number of aromatic nitrogens is 3. The summed E-state index contributed by atoms with van der Waals surface area (Å²) in [5.74, 6) is -0.0456. The lowest BCUT2D eigenvalue weighted by atomic mass is 10.1. The third-order valence-electron chi connectivity index (χ3n) is 4.80. The van der Waals surface area contributed by atoms with Crippen molar-refractivity contribution in [2.45, 2.75) is 26.1 Å². The Labute approximate surface area is 179 Å². The maximum atomic E-state index is 12.8. The summed E-state index contributed by atoms with van der Waals surface area (Å²) in [7, 11) is -3.35. The minimum Gasteiger partial charge on any atom is -0.451 e. The second-order valence-electron chi connectivity index (χ2n) is 7.52. The number of nitrogens with zero attached hydrogens (tertiary/aromatic N) is 3. The number of fused-ring (bicyclic) bond motifs is 1. The van der Waals surface area contributed by atoms with Crippen molar-refractivity contribution in [3.8, 4) is 5.82 Å². The molecule has 4 aromatic rings. The molecule has 0 aliphatic carbocycles. The molecule has 31 heavy (non-hydrogen) atoms. The van der Waals surface area contributed by atoms with Gasteiger partial charge in [0.2, 0.25) is 0 Å². The molecule has 3 heterocycles. The lowest BCUT2D eigenvalue weighted by molar-refractivity contribution is 0.0924. The fourth-order valence-corrected chi connectivity index (χ4v) is 4.27. The van der Waals surface area contributed by atoms with Crippen LogP contribution in [0, 0.1) is 13.8 Å². The normalized spacial score (nSPS) is 11.7. The summed E-state index contributed by atoms with van der Waals surface area (Å²) in [5.41, 5.74) is 3.52. The third kappa shape index (κ3) is 4.51. The number of furan rings is 1. The van der Waals surface area contributed by atoms with Gasteiger partial charge in [-0.05, 0) is 37.6 Å². The standard InChI is InChI=1S/C22H22N4O4S/c1-14-10-15(2)26(25-14)20-9-8-16(11-23-20)12-24-22(27)21-18(13-31(3,28)29)17-6-4-5-7-19(17)30-21/h4-11H,12-13H2,1-3H3,(H,24,27). The zero-order chi connectivity index (χ0) is 22.2. The molecule has 0 aliphatic heterocycles. The van der Waals surface area contributed by atoms with Crippen molar-refractivity contribution in [3.63, 3.8) is 0 Å². The average Bonchev–Trinajstić information content (AvgIpc) is 3.25. The molecule has 160 valence electrons. The molecule has 8 nitrogen and oxygen atoms in total. The van der Waals surface area contributed by atoms with Crippen LogP contribution in [-0.2, 0) is 22.1 Å². The molecule has 1 N–H and O–H groups in total. The average molecular weight is 439 g/mol. The number of para-hydroxylation sites is 1. The summed E-state index contributed by atoms with van der Waals surface area (Å²) < 4.78 is 31.2. The number of hydrogen-bond donors (Lipinski definition) is 1. The van der Waals surface area contributed by atoms with Gasteiger partial charge in [0.25, 0.3) is 5.91 Å². The van der Waals surface area contributed by atoms with Gasteiger partial charge in [-0.1, -0.05) is 24.3 Å². The van der Waals surface area contributed by atoms with Crippen molar-refractivity contribution in [1.29, 1.82) is 0 Å². The van der Waals surface area contributed by atoms with Crippen molar-refractivity contribution < 1.29 is 17.6 Å². The quantitative estimate of drug-likeness (QED) is 0.496. The Kier molecular flexibility index (Phi) is 5.36. The van der Waals surface area contributed by atoms with E-state index < -0.39 is 15.7 Å². The Hall–Kier alpha value is -3.46. The van der Waals surface area contributed by atoms with E-state index in [9.17, 15) is 13.2 Å². The number of aryl methyl sites for hydroxylation is 2. The number of sulfone groups is 1. The SMILES string of the molecule is Cc1cc(C)n(-c2ccc(CNC(=O)c3oc4ccccc4c3CS(C)(=O)=O)cn2)n1. The minimum absolute atomic E-state index is 0.0128. The van der Waals surface area contributed by atoms with Gasteiger partial charge in [0, 0.05) is 35.6 Å². The number of benzene rings is 1. The van der Waals surface area contributed by atoms with E-state index in [-0.39, 0.29) is 18.1 Å². The van der Waals surface area contributed by atoms with E-state index in [0.717, 1.165) is 23.2 Å². The zero-order valence-corrected chi connectivity index (χ0v) is 18.2. The number of rotatable bonds is 6. The summed E-state index contributed by atoms with van der Waals surface area (Å²) in [6.07, 6.45) is 2.80. The highest BCUT2D eigenvalue weighted by Crippen LogP contribution is 2.27. The third-order valence-corrected chi connectivity index (χ3v) is 5.61. The lowest BCUT2D eigenvalue weighted by Gasteiger charge is -2.07. The molecule has 0 aliphatic rings. The van der Waals surface area contributed by atoms with Crippen LogP contribution in [0.2, 0.25) is 0 Å². The predicted octanol–water partition coefficient (Wildman–Crippen LogP) is 3.10. The largest absolute Gasteiger partial charge is 0.451 e. The van der Waals surface area contributed by atoms with Gasteiger partial charge in [-0.25, -0.2) is 18.1 Å². The Balaban J connectivity index is 1.53. The van der Waals surface area contributed by atoms with Crippen LogP contribution in [0.3, 0.4) is 0 Å². The van der Waals surface area contributed by atoms with Gasteiger partial charge in [0.05, 0.1) is 11.4 Å². The van der Waals surface area contributed by atoms with E-state index in [1.165, 1.54) is 0 Å². The molecule has 0 spiro atoms. The van der Waals surface area contributed by atoms with Crippen LogP contribution in [0.5, 0.6) is 0 Å². The van der Waals surface area contributed by atoms with Crippen LogP contribution >= 0.6 is 0 Å². The van der Waals surface area contributed by atoms with E-state index >= 15 is 0 Å². The molecule has 0 bridgehead atoms. The van der Waals surface area contributed by atoms with Crippen LogP contribution in [0.25, 0.3) is 16.8 Å². The Bertz CT molecular complexity index is 1370. The number of hydrogen-bond acceptors (Lipinski definition) is 6. The monoisotopic (exact) mass is 438 g/mol. The summed E-state index contributed by atoms with van der Waals surface area (Å²) in [4.78, 5) is 17.2. The summed E-state index contributed by atoms with van der Waals surface area (Å²) >= 11 is 0. The molecule has 0 unspecified atom stereocenters. The van der Waals surface area contributed by atoms with Gasteiger partial charge in [-0.2, -0.15) is 5.10 Å². The fraction of sp³-hybridized carbons (Fsp3) is 0.227. The van der Waals surface area contributed by atoms with E-state index in [4.69, 9.17) is 4.42 Å². The number of carbonyl (C=O) groups excluding carboxylic acids is 1. The maximum absolute atomic E-state index is 12.8. The van der Waals surface area contributed by atoms with E-state index in [0.29, 0.717) is 22.4 Å². The molecule has 0 saturated carbocycles. The first-order chi connectivity index (χ1) is 14.7. The first kappa shape index (κ1) is 20.8. The number of nitrogens with one attached hydrogen (secondary N) is 1. The van der Waals surface area contributed by atoms with E-state index in [1.54, 1.807) is 35.1 Å². The molecular weight excluding hydrogens is 416 g/mol. The zero-order valence-electron chi connectivity index (χ0n) is 17.4. The van der Waals surface area contributed by atoms with Gasteiger partial charge in [0.15, 0.2) is 21.4 Å². The van der Waals surface area contributed by atoms with E-state index in [1.807, 2.05) is 32.0 Å². The maximum Gasteiger partial charge on any atom is 0.287 e. The highest BCUT2D eigenvalue weighted by Gasteiger charge is 2.23. The second kappa shape index (κ2) is 7.99. The molecule has 0 atom stereocenters. The first-order valence-electron chi connectivity index (χ1n) is 9.66. The van der Waals surface area contributed by atoms with Crippen LogP contribution in [0.1, 0.15) is 33.1 Å². The van der Waals surface area contributed by atoms with Crippen molar-refractivity contribution in [1.82, 2.24) is 20.1 Å². The molecule has 0 saturated heterocycles. The first-order valence-corrected chi connectivity index (χ1v) is 11.7. The van der Waals surface area contributed by atoms with Gasteiger partial charge >= 0.3 is 0 Å². The number of amides is 1. The molecule has 1 amide bonds. The van der Waals surface area contributed by atoms with Crippen LogP contribution in [-0.4, -0.2) is 35.3 Å². The van der Waals surface area contributed by atoms with Gasteiger partial charge in [-0.15, -0.1) is 0 Å². The number of pyridine rings is 1. The van der Waals surface area contributed by atoms with Crippen LogP contribution < -0.4 is 5.32 Å².